The number of imidazole rings is 1. The number of hydrogen-bond acceptors (Lipinski definition) is 3. The van der Waals surface area contributed by atoms with Gasteiger partial charge in [0.1, 0.15) is 12.0 Å². The van der Waals surface area contributed by atoms with Crippen LogP contribution in [0.5, 0.6) is 0 Å². The molecule has 0 fully saturated rings. The molecule has 0 aliphatic carbocycles. The normalized spacial score (nSPS) is 9.50. The number of aromatic nitrogens is 2. The molecule has 0 aromatic carbocycles. The fourth-order valence-electron chi connectivity index (χ4n) is 0.740. The second-order valence-corrected chi connectivity index (χ2v) is 2.26. The molecular formula is C7H9N3O2. The van der Waals surface area contributed by atoms with Crippen LogP contribution in [0, 0.1) is 0 Å². The summed E-state index contributed by atoms with van der Waals surface area (Å²) in [6.45, 7) is 1.40. The molecule has 0 unspecified atom stereocenters. The van der Waals surface area contributed by atoms with Gasteiger partial charge in [0.15, 0.2) is 0 Å². The van der Waals surface area contributed by atoms with Gasteiger partial charge in [0.25, 0.3) is 5.91 Å². The van der Waals surface area contributed by atoms with Crippen LogP contribution in [0.25, 0.3) is 0 Å². The molecule has 0 radical (unpaired) electrons. The van der Waals surface area contributed by atoms with Gasteiger partial charge < -0.3 is 5.32 Å². The summed E-state index contributed by atoms with van der Waals surface area (Å²) in [5, 5.41) is 2.41. The average molecular weight is 167 g/mol. The molecule has 1 amide bonds. The van der Waals surface area contributed by atoms with E-state index in [2.05, 4.69) is 10.3 Å². The number of rotatable bonds is 1. The van der Waals surface area contributed by atoms with Crippen molar-refractivity contribution < 1.29 is 9.59 Å². The van der Waals surface area contributed by atoms with Crippen LogP contribution in [0.3, 0.4) is 0 Å². The molecule has 0 atom stereocenters. The smallest absolute Gasteiger partial charge is 0.271 e. The van der Waals surface area contributed by atoms with Crippen molar-refractivity contribution in [3.8, 4) is 0 Å². The van der Waals surface area contributed by atoms with E-state index in [0.29, 0.717) is 0 Å². The Balaban J connectivity index is 2.91. The maximum atomic E-state index is 11.0. The first-order valence-electron chi connectivity index (χ1n) is 3.42. The van der Waals surface area contributed by atoms with E-state index in [9.17, 15) is 9.59 Å². The molecule has 5 nitrogen and oxygen atoms in total. The zero-order chi connectivity index (χ0) is 9.14. The lowest BCUT2D eigenvalue weighted by Crippen LogP contribution is -2.18. The summed E-state index contributed by atoms with van der Waals surface area (Å²) in [5.74, 6) is -0.465. The Kier molecular flexibility index (Phi) is 2.23. The molecule has 0 aliphatic rings. The van der Waals surface area contributed by atoms with Gasteiger partial charge in [0, 0.05) is 20.2 Å². The van der Waals surface area contributed by atoms with Crippen LogP contribution in [-0.4, -0.2) is 28.4 Å². The van der Waals surface area contributed by atoms with Gasteiger partial charge in [0.2, 0.25) is 5.91 Å². The SMILES string of the molecule is CNC(=O)c1cn(C(C)=O)cn1. The predicted molar refractivity (Wildman–Crippen MR) is 41.9 cm³/mol. The summed E-state index contributed by atoms with van der Waals surface area (Å²) in [7, 11) is 1.51. The van der Waals surface area contributed by atoms with Crippen molar-refractivity contribution in [2.75, 3.05) is 7.05 Å². The zero-order valence-corrected chi connectivity index (χ0v) is 6.87. The van der Waals surface area contributed by atoms with E-state index in [1.54, 1.807) is 0 Å². The number of nitrogens with zero attached hydrogens (tertiary/aromatic N) is 2. The van der Waals surface area contributed by atoms with E-state index in [-0.39, 0.29) is 17.5 Å². The molecule has 0 bridgehead atoms. The highest BCUT2D eigenvalue weighted by atomic mass is 16.2. The van der Waals surface area contributed by atoms with Gasteiger partial charge in [-0.05, 0) is 0 Å². The van der Waals surface area contributed by atoms with Gasteiger partial charge >= 0.3 is 0 Å². The van der Waals surface area contributed by atoms with E-state index in [1.807, 2.05) is 0 Å². The van der Waals surface area contributed by atoms with E-state index in [0.717, 1.165) is 0 Å². The molecule has 1 heterocycles. The first kappa shape index (κ1) is 8.45. The summed E-state index contributed by atoms with van der Waals surface area (Å²) >= 11 is 0. The quantitative estimate of drug-likeness (QED) is 0.635. The van der Waals surface area contributed by atoms with Gasteiger partial charge in [0.05, 0.1) is 0 Å². The van der Waals surface area contributed by atoms with E-state index in [4.69, 9.17) is 0 Å². The second kappa shape index (κ2) is 3.17. The molecular weight excluding hydrogens is 158 g/mol. The number of nitrogens with one attached hydrogen (secondary N) is 1. The molecule has 0 spiro atoms. The van der Waals surface area contributed by atoms with Crippen molar-refractivity contribution in [2.45, 2.75) is 6.92 Å². The molecule has 1 N–H and O–H groups in total. The van der Waals surface area contributed by atoms with E-state index in [1.165, 1.54) is 31.1 Å². The van der Waals surface area contributed by atoms with Crippen molar-refractivity contribution in [1.82, 2.24) is 14.9 Å². The summed E-state index contributed by atoms with van der Waals surface area (Å²) in [6.07, 6.45) is 2.70. The van der Waals surface area contributed by atoms with Crippen LogP contribution in [0.1, 0.15) is 22.2 Å². The van der Waals surface area contributed by atoms with Gasteiger partial charge in [-0.25, -0.2) is 4.98 Å². The molecule has 1 aromatic rings. The lowest BCUT2D eigenvalue weighted by atomic mass is 10.4. The Hall–Kier alpha value is -1.65. The Labute approximate surface area is 69.4 Å². The number of hydrogen-bond donors (Lipinski definition) is 1. The highest BCUT2D eigenvalue weighted by Gasteiger charge is 2.07. The van der Waals surface area contributed by atoms with Crippen molar-refractivity contribution in [3.63, 3.8) is 0 Å². The van der Waals surface area contributed by atoms with Crippen LogP contribution in [0.15, 0.2) is 12.5 Å². The van der Waals surface area contributed by atoms with Gasteiger partial charge in [-0.15, -0.1) is 0 Å². The Bertz CT molecular complexity index is 316. The minimum atomic E-state index is -0.296. The second-order valence-electron chi connectivity index (χ2n) is 2.26. The third-order valence-electron chi connectivity index (χ3n) is 1.41. The van der Waals surface area contributed by atoms with Crippen LogP contribution in [-0.2, 0) is 0 Å². The molecule has 0 saturated carbocycles. The molecule has 64 valence electrons. The Morgan fingerprint density at radius 1 is 1.58 bits per heavy atom. The largest absolute Gasteiger partial charge is 0.354 e. The lowest BCUT2D eigenvalue weighted by Gasteiger charge is -1.92. The minimum absolute atomic E-state index is 0.169. The van der Waals surface area contributed by atoms with E-state index >= 15 is 0 Å². The lowest BCUT2D eigenvalue weighted by molar-refractivity contribution is 0.0936. The number of carbonyl (C=O) groups excluding carboxylic acids is 2. The summed E-state index contributed by atoms with van der Waals surface area (Å²) in [5.41, 5.74) is 0.243. The van der Waals surface area contributed by atoms with Crippen LogP contribution in [0.2, 0.25) is 0 Å². The Morgan fingerprint density at radius 3 is 2.67 bits per heavy atom. The highest BCUT2D eigenvalue weighted by molar-refractivity contribution is 5.92. The summed E-state index contributed by atoms with van der Waals surface area (Å²) < 4.78 is 1.25. The minimum Gasteiger partial charge on any atom is -0.354 e. The third-order valence-corrected chi connectivity index (χ3v) is 1.41. The van der Waals surface area contributed by atoms with Crippen molar-refractivity contribution >= 4 is 11.8 Å². The molecule has 1 rings (SSSR count). The van der Waals surface area contributed by atoms with Gasteiger partial charge in [-0.1, -0.05) is 0 Å². The van der Waals surface area contributed by atoms with Crippen LogP contribution in [0.4, 0.5) is 0 Å². The number of amides is 1. The zero-order valence-electron chi connectivity index (χ0n) is 6.87. The monoisotopic (exact) mass is 167 g/mol. The maximum absolute atomic E-state index is 11.0. The van der Waals surface area contributed by atoms with Gasteiger partial charge in [-0.3, -0.25) is 14.2 Å². The first-order chi connectivity index (χ1) is 5.65. The fourth-order valence-corrected chi connectivity index (χ4v) is 0.740. The van der Waals surface area contributed by atoms with Crippen molar-refractivity contribution in [3.05, 3.63) is 18.2 Å². The first-order valence-corrected chi connectivity index (χ1v) is 3.42. The molecule has 1 aromatic heterocycles. The molecule has 0 aliphatic heterocycles. The Morgan fingerprint density at radius 2 is 2.25 bits per heavy atom. The standard InChI is InChI=1S/C7H9N3O2/c1-5(11)10-3-6(9-4-10)7(12)8-2/h3-4H,1-2H3,(H,8,12). The topological polar surface area (TPSA) is 64.0 Å². The molecule has 0 saturated heterocycles. The summed E-state index contributed by atoms with van der Waals surface area (Å²) in [4.78, 5) is 25.5. The fraction of sp³-hybridized carbons (Fsp3) is 0.286. The van der Waals surface area contributed by atoms with Crippen LogP contribution >= 0.6 is 0 Å². The van der Waals surface area contributed by atoms with E-state index < -0.39 is 0 Å². The maximum Gasteiger partial charge on any atom is 0.271 e. The predicted octanol–water partition coefficient (Wildman–Crippen LogP) is -0.0972. The van der Waals surface area contributed by atoms with Crippen LogP contribution < -0.4 is 5.32 Å². The highest BCUT2D eigenvalue weighted by Crippen LogP contribution is 1.94. The summed E-state index contributed by atoms with van der Waals surface area (Å²) in [6, 6.07) is 0. The molecule has 5 heteroatoms. The van der Waals surface area contributed by atoms with Crippen molar-refractivity contribution in [1.29, 1.82) is 0 Å². The van der Waals surface area contributed by atoms with Gasteiger partial charge in [-0.2, -0.15) is 0 Å². The van der Waals surface area contributed by atoms with Crippen molar-refractivity contribution in [2.24, 2.45) is 0 Å². The third kappa shape index (κ3) is 1.50. The number of carbonyl (C=O) groups is 2. The molecule has 12 heavy (non-hydrogen) atoms. The average Bonchev–Trinajstić information content (AvgIpc) is 2.51.